The lowest BCUT2D eigenvalue weighted by atomic mass is 10.2. The van der Waals surface area contributed by atoms with Crippen LogP contribution in [0.1, 0.15) is 28.9 Å². The molecule has 33 heavy (non-hydrogen) atoms. The Kier molecular flexibility index (Phi) is 7.95. The molecule has 3 aromatic rings. The molecule has 1 aliphatic carbocycles. The maximum Gasteiger partial charge on any atom is 0.339 e. The summed E-state index contributed by atoms with van der Waals surface area (Å²) in [5.41, 5.74) is 0.943. The quantitative estimate of drug-likeness (QED) is 0.405. The predicted octanol–water partition coefficient (Wildman–Crippen LogP) is 3.41. The van der Waals surface area contributed by atoms with E-state index in [0.717, 1.165) is 16.8 Å². The molecule has 0 atom stereocenters. The van der Waals surface area contributed by atoms with Crippen molar-refractivity contribution in [1.29, 1.82) is 0 Å². The van der Waals surface area contributed by atoms with E-state index in [2.05, 4.69) is 36.5 Å². The number of anilines is 2. The molecule has 2 heterocycles. The number of hydroxylamine groups is 1. The third-order valence-corrected chi connectivity index (χ3v) is 5.09. The van der Waals surface area contributed by atoms with E-state index in [0.29, 0.717) is 16.2 Å². The van der Waals surface area contributed by atoms with Gasteiger partial charge in [-0.25, -0.2) is 14.2 Å². The fourth-order valence-electron chi connectivity index (χ4n) is 2.85. The Labute approximate surface area is 196 Å². The number of rotatable bonds is 7. The number of hydrogen-bond donors (Lipinski definition) is 3. The highest BCUT2D eigenvalue weighted by Crippen LogP contribution is 2.26. The highest BCUT2D eigenvalue weighted by molar-refractivity contribution is 9.10. The molecule has 1 fully saturated rings. The van der Waals surface area contributed by atoms with E-state index in [1.54, 1.807) is 24.9 Å². The summed E-state index contributed by atoms with van der Waals surface area (Å²) < 4.78 is 31.7. The van der Waals surface area contributed by atoms with Gasteiger partial charge in [0.05, 0.1) is 37.1 Å². The summed E-state index contributed by atoms with van der Waals surface area (Å²) in [4.78, 5) is 32.6. The van der Waals surface area contributed by atoms with Crippen molar-refractivity contribution in [1.82, 2.24) is 19.6 Å². The first kappa shape index (κ1) is 24.6. The van der Waals surface area contributed by atoms with E-state index in [4.69, 9.17) is 0 Å². The summed E-state index contributed by atoms with van der Waals surface area (Å²) in [5.74, 6) is -3.53. The Hall–Kier alpha value is -3.09. The SMILES string of the molecule is CONC1CC1.Cn1cnc(Cn2cc(C(=O)O)c(Nc3ccc(Br)cc3F)c(F)c2=O)c1. The molecule has 0 bridgehead atoms. The van der Waals surface area contributed by atoms with E-state index in [-0.39, 0.29) is 12.2 Å². The molecule has 1 saturated carbocycles. The molecule has 0 unspecified atom stereocenters. The molecule has 2 aromatic heterocycles. The van der Waals surface area contributed by atoms with E-state index in [1.165, 1.54) is 31.3 Å². The van der Waals surface area contributed by atoms with Crippen LogP contribution in [-0.2, 0) is 18.4 Å². The molecule has 1 aromatic carbocycles. The number of nitrogens with zero attached hydrogens (tertiary/aromatic N) is 3. The van der Waals surface area contributed by atoms with Crippen molar-refractivity contribution < 1.29 is 23.5 Å². The van der Waals surface area contributed by atoms with Crippen molar-refractivity contribution in [3.05, 3.63) is 74.6 Å². The number of nitrogens with one attached hydrogen (secondary N) is 2. The minimum atomic E-state index is -1.47. The van der Waals surface area contributed by atoms with Crippen LogP contribution >= 0.6 is 15.9 Å². The van der Waals surface area contributed by atoms with E-state index >= 15 is 0 Å². The number of carboxylic acids is 1. The zero-order chi connectivity index (χ0) is 24.1. The maximum absolute atomic E-state index is 14.7. The molecule has 4 rings (SSSR count). The molecule has 0 saturated heterocycles. The smallest absolute Gasteiger partial charge is 0.339 e. The number of carboxylic acid groups (broad SMARTS) is 1. The number of aromatic nitrogens is 3. The molecule has 0 amide bonds. The number of benzene rings is 1. The zero-order valence-electron chi connectivity index (χ0n) is 17.8. The third kappa shape index (κ3) is 6.46. The van der Waals surface area contributed by atoms with E-state index in [9.17, 15) is 23.5 Å². The Balaban J connectivity index is 0.000000442. The first-order chi connectivity index (χ1) is 15.7. The number of aryl methyl sites for hydroxylation is 1. The van der Waals surface area contributed by atoms with Gasteiger partial charge in [0.1, 0.15) is 11.4 Å². The normalized spacial score (nSPS) is 12.8. The van der Waals surface area contributed by atoms with Crippen LogP contribution in [0, 0.1) is 11.6 Å². The first-order valence-corrected chi connectivity index (χ1v) is 10.6. The van der Waals surface area contributed by atoms with Gasteiger partial charge in [-0.1, -0.05) is 15.9 Å². The molecule has 9 nitrogen and oxygen atoms in total. The second-order valence-electron chi connectivity index (χ2n) is 7.35. The van der Waals surface area contributed by atoms with Crippen LogP contribution in [-0.4, -0.2) is 38.3 Å². The van der Waals surface area contributed by atoms with Crippen LogP contribution in [0.2, 0.25) is 0 Å². The molecular formula is C21H22BrF2N5O4. The average molecular weight is 526 g/mol. The molecular weight excluding hydrogens is 504 g/mol. The van der Waals surface area contributed by atoms with Crippen molar-refractivity contribution in [2.24, 2.45) is 7.05 Å². The number of pyridine rings is 1. The Bertz CT molecular complexity index is 1210. The van der Waals surface area contributed by atoms with Crippen molar-refractivity contribution in [3.8, 4) is 0 Å². The highest BCUT2D eigenvalue weighted by atomic mass is 79.9. The Morgan fingerprint density at radius 1 is 1.33 bits per heavy atom. The van der Waals surface area contributed by atoms with Gasteiger partial charge in [-0.3, -0.25) is 4.79 Å². The van der Waals surface area contributed by atoms with Crippen LogP contribution in [0.4, 0.5) is 20.2 Å². The molecule has 0 aliphatic heterocycles. The minimum absolute atomic E-state index is 0.107. The van der Waals surface area contributed by atoms with Gasteiger partial charge in [-0.15, -0.1) is 0 Å². The van der Waals surface area contributed by atoms with Crippen LogP contribution in [0.15, 0.2) is 46.2 Å². The number of carbonyl (C=O) groups is 1. The van der Waals surface area contributed by atoms with Gasteiger partial charge in [-0.05, 0) is 31.0 Å². The molecule has 1 aliphatic rings. The predicted molar refractivity (Wildman–Crippen MR) is 120 cm³/mol. The first-order valence-electron chi connectivity index (χ1n) is 9.83. The van der Waals surface area contributed by atoms with Crippen LogP contribution in [0.25, 0.3) is 0 Å². The topological polar surface area (TPSA) is 110 Å². The average Bonchev–Trinajstić information content (AvgIpc) is 3.49. The number of hydrogen-bond acceptors (Lipinski definition) is 6. The fraction of sp³-hybridized carbons (Fsp3) is 0.286. The second-order valence-corrected chi connectivity index (χ2v) is 8.26. The summed E-state index contributed by atoms with van der Waals surface area (Å²) >= 11 is 3.09. The van der Waals surface area contributed by atoms with Gasteiger partial charge < -0.3 is 24.4 Å². The second kappa shape index (κ2) is 10.7. The molecule has 0 radical (unpaired) electrons. The van der Waals surface area contributed by atoms with Crippen LogP contribution in [0.3, 0.4) is 0 Å². The molecule has 176 valence electrons. The lowest BCUT2D eigenvalue weighted by molar-refractivity contribution is 0.0696. The zero-order valence-corrected chi connectivity index (χ0v) is 19.4. The molecule has 0 spiro atoms. The van der Waals surface area contributed by atoms with E-state index in [1.807, 2.05) is 0 Å². The summed E-state index contributed by atoms with van der Waals surface area (Å²) in [6, 6.07) is 4.59. The number of aromatic carboxylic acids is 1. The number of imidazole rings is 1. The highest BCUT2D eigenvalue weighted by Gasteiger charge is 2.22. The fourth-order valence-corrected chi connectivity index (χ4v) is 3.18. The van der Waals surface area contributed by atoms with Crippen LogP contribution in [0.5, 0.6) is 0 Å². The van der Waals surface area contributed by atoms with Crippen LogP contribution < -0.4 is 16.4 Å². The standard InChI is InChI=1S/C17H13BrF2N4O3.C4H9NO/c1-23-5-10(21-8-23)6-24-7-11(17(26)27)15(14(20)16(24)25)22-13-3-2-9(18)4-12(13)19;1-6-5-4-2-3-4/h2-5,7-8,22H,6H2,1H3,(H,26,27);4-5H,2-3H2,1H3. The van der Waals surface area contributed by atoms with Crippen molar-refractivity contribution >= 4 is 33.3 Å². The molecule has 3 N–H and O–H groups in total. The number of halogens is 3. The maximum atomic E-state index is 14.7. The van der Waals surface area contributed by atoms with Crippen molar-refractivity contribution in [3.63, 3.8) is 0 Å². The third-order valence-electron chi connectivity index (χ3n) is 4.60. The van der Waals surface area contributed by atoms with E-state index < -0.39 is 34.4 Å². The van der Waals surface area contributed by atoms with Gasteiger partial charge in [0.15, 0.2) is 0 Å². The van der Waals surface area contributed by atoms with Gasteiger partial charge in [0.25, 0.3) is 5.56 Å². The Morgan fingerprint density at radius 2 is 2.06 bits per heavy atom. The lowest BCUT2D eigenvalue weighted by Gasteiger charge is -2.14. The van der Waals surface area contributed by atoms with Gasteiger partial charge in [0.2, 0.25) is 5.82 Å². The Morgan fingerprint density at radius 3 is 2.58 bits per heavy atom. The van der Waals surface area contributed by atoms with Gasteiger partial charge in [-0.2, -0.15) is 9.87 Å². The van der Waals surface area contributed by atoms with Gasteiger partial charge in [0, 0.05) is 30.0 Å². The monoisotopic (exact) mass is 525 g/mol. The summed E-state index contributed by atoms with van der Waals surface area (Å²) in [6.07, 6.45) is 6.69. The van der Waals surface area contributed by atoms with Crippen molar-refractivity contribution in [2.45, 2.75) is 25.4 Å². The summed E-state index contributed by atoms with van der Waals surface area (Å²) in [6.45, 7) is -0.107. The largest absolute Gasteiger partial charge is 0.478 e. The summed E-state index contributed by atoms with van der Waals surface area (Å²) in [7, 11) is 3.38. The summed E-state index contributed by atoms with van der Waals surface area (Å²) in [5, 5.41) is 11.8. The van der Waals surface area contributed by atoms with Crippen molar-refractivity contribution in [2.75, 3.05) is 12.4 Å². The van der Waals surface area contributed by atoms with Gasteiger partial charge >= 0.3 is 5.97 Å². The minimum Gasteiger partial charge on any atom is -0.478 e. The molecule has 12 heteroatoms. The lowest BCUT2D eigenvalue weighted by Crippen LogP contribution is -2.27.